The first-order chi connectivity index (χ1) is 31.3. The molecule has 15 nitrogen and oxygen atoms in total. The summed E-state index contributed by atoms with van der Waals surface area (Å²) in [4.78, 5) is 61.3. The number of aromatic nitrogens is 2. The number of pyridine rings is 2. The number of hydrogen-bond acceptors (Lipinski definition) is 12. The number of ether oxygens (including phenoxy) is 3. The third kappa shape index (κ3) is 11.6. The van der Waals surface area contributed by atoms with Gasteiger partial charge >= 0.3 is 41.5 Å². The van der Waals surface area contributed by atoms with Gasteiger partial charge in [-0.25, -0.2) is 19.6 Å². The number of fused-ring (bicyclic) bond motifs is 2. The van der Waals surface area contributed by atoms with Crippen LogP contribution < -0.4 is 49.7 Å². The molecule has 2 atom stereocenters. The van der Waals surface area contributed by atoms with Gasteiger partial charge in [0.25, 0.3) is 11.8 Å². The smallest absolute Gasteiger partial charge is 0.870 e. The zero-order chi connectivity index (χ0) is 46.4. The number of aryl methyl sites for hydroxylation is 2. The van der Waals surface area contributed by atoms with Crippen molar-refractivity contribution < 1.29 is 73.5 Å². The van der Waals surface area contributed by atoms with E-state index in [4.69, 9.17) is 14.2 Å². The molecule has 8 rings (SSSR count). The van der Waals surface area contributed by atoms with Gasteiger partial charge in [0.2, 0.25) is 0 Å². The summed E-state index contributed by atoms with van der Waals surface area (Å²) in [5, 5.41) is 16.2. The molecule has 4 aromatic carbocycles. The number of carbonyl (C=O) groups excluding carboxylic acids is 3. The van der Waals surface area contributed by atoms with Crippen molar-refractivity contribution in [3.8, 4) is 23.0 Å². The van der Waals surface area contributed by atoms with E-state index < -0.39 is 11.9 Å². The molecule has 67 heavy (non-hydrogen) atoms. The van der Waals surface area contributed by atoms with E-state index in [1.165, 1.54) is 30.6 Å². The van der Waals surface area contributed by atoms with Crippen LogP contribution in [-0.2, 0) is 17.8 Å². The van der Waals surface area contributed by atoms with E-state index in [0.29, 0.717) is 48.9 Å². The van der Waals surface area contributed by atoms with Crippen molar-refractivity contribution in [1.82, 2.24) is 19.8 Å². The van der Waals surface area contributed by atoms with Crippen molar-refractivity contribution in [3.05, 3.63) is 165 Å². The van der Waals surface area contributed by atoms with Crippen LogP contribution in [0.2, 0.25) is 0 Å². The number of rotatable bonds is 14. The largest absolute Gasteiger partial charge is 1.00 e. The summed E-state index contributed by atoms with van der Waals surface area (Å²) < 4.78 is 16.6. The number of benzene rings is 4. The Morgan fingerprint density at radius 1 is 0.627 bits per heavy atom. The second kappa shape index (κ2) is 22.6. The Bertz CT molecular complexity index is 2720. The first-order valence-electron chi connectivity index (χ1n) is 21.4. The molecule has 0 spiro atoms. The molecule has 2 amide bonds. The van der Waals surface area contributed by atoms with Crippen molar-refractivity contribution in [2.75, 3.05) is 30.8 Å². The van der Waals surface area contributed by atoms with Crippen LogP contribution in [-0.4, -0.2) is 74.3 Å². The van der Waals surface area contributed by atoms with E-state index in [1.54, 1.807) is 9.80 Å². The molecule has 342 valence electrons. The van der Waals surface area contributed by atoms with Gasteiger partial charge in [0.05, 0.1) is 42.5 Å². The van der Waals surface area contributed by atoms with Crippen LogP contribution in [0.25, 0.3) is 0 Å². The molecule has 0 saturated carbocycles. The van der Waals surface area contributed by atoms with Crippen molar-refractivity contribution in [3.63, 3.8) is 0 Å². The number of carbonyl (C=O) groups is 4. The molecule has 6 aromatic rings. The number of hydrogen-bond donors (Lipinski definition) is 3. The molecule has 4 heterocycles. The average molecular weight is 917 g/mol. The minimum Gasteiger partial charge on any atom is -0.870 e. The van der Waals surface area contributed by atoms with Gasteiger partial charge in [-0.3, -0.25) is 9.59 Å². The van der Waals surface area contributed by atoms with Gasteiger partial charge in [0.1, 0.15) is 34.6 Å². The topological polar surface area (TPSA) is 203 Å². The number of nitrogens with one attached hydrogen (secondary N) is 2. The monoisotopic (exact) mass is 916 g/mol. The maximum atomic E-state index is 12.8. The van der Waals surface area contributed by atoms with E-state index in [2.05, 4.69) is 20.6 Å². The molecule has 16 heteroatoms. The van der Waals surface area contributed by atoms with Gasteiger partial charge in [-0.1, -0.05) is 59.7 Å². The van der Waals surface area contributed by atoms with E-state index in [-0.39, 0.29) is 75.6 Å². The standard InChI is InChI=1S/C26H27N3O4.C25H25N3O4.Na.H2O/c1-5-29-15-22-23(25(29)30)21(26(31)32-4)14-27-24(22)28-17(3)18-8-12-20(13-9-18)33-19-10-6-16(2)7-11-19;1-4-28-14-21-22(24(28)29)20(25(30)31)13-26-23(21)27-16(3)17-7-11-19(12-8-17)32-18-9-5-15(2)6-10-18;;/h6-14,17H,5,15H2,1-4H3,(H,27,28);5-13,16H,4,14H2,1-3H3,(H,26,27)(H,30,31);;1H2/q;;+1;/p-1/t17-;16-;;/m00../s1. The molecule has 0 radical (unpaired) electrons. The SMILES string of the molecule is CCN1Cc2c(N[C@@H](C)c3ccc(Oc4ccc(C)cc4)cc3)ncc(C(=O)O)c2C1=O.CCN1Cc2c(N[C@@H](C)c3ccc(Oc4ccc(C)cc4)cc3)ncc(C(=O)OC)c2C1=O.[Na+].[OH-]. The van der Waals surface area contributed by atoms with Crippen LogP contribution in [0.5, 0.6) is 23.0 Å². The van der Waals surface area contributed by atoms with Crippen LogP contribution in [0.3, 0.4) is 0 Å². The van der Waals surface area contributed by atoms with Crippen LogP contribution >= 0.6 is 0 Å². The molecule has 2 aliphatic heterocycles. The summed E-state index contributed by atoms with van der Waals surface area (Å²) in [6.45, 7) is 13.7. The molecule has 0 unspecified atom stereocenters. The van der Waals surface area contributed by atoms with Gasteiger partial charge in [-0.2, -0.15) is 0 Å². The minimum atomic E-state index is -1.15. The number of methoxy groups -OCH3 is 1. The van der Waals surface area contributed by atoms with E-state index >= 15 is 0 Å². The fraction of sp³-hybridized carbons (Fsp3) is 0.255. The second-order valence-corrected chi connectivity index (χ2v) is 15.9. The van der Waals surface area contributed by atoms with E-state index in [9.17, 15) is 24.3 Å². The van der Waals surface area contributed by atoms with Gasteiger partial charge in [0, 0.05) is 48.7 Å². The number of carboxylic acid groups (broad SMARTS) is 1. The van der Waals surface area contributed by atoms with Crippen LogP contribution in [0.4, 0.5) is 11.6 Å². The van der Waals surface area contributed by atoms with Crippen LogP contribution in [0.1, 0.15) is 115 Å². The number of aromatic carboxylic acids is 1. The molecule has 0 fully saturated rings. The molecule has 0 aliphatic carbocycles. The van der Waals surface area contributed by atoms with Crippen molar-refractivity contribution >= 4 is 35.4 Å². The summed E-state index contributed by atoms with van der Waals surface area (Å²) in [6.07, 6.45) is 2.67. The summed E-state index contributed by atoms with van der Waals surface area (Å²) in [6, 6.07) is 31.2. The number of carboxylic acids is 1. The zero-order valence-electron chi connectivity index (χ0n) is 38.9. The first-order valence-corrected chi connectivity index (χ1v) is 21.4. The number of nitrogens with zero attached hydrogens (tertiary/aromatic N) is 4. The third-order valence-electron chi connectivity index (χ3n) is 11.4. The molecule has 0 bridgehead atoms. The molecule has 2 aromatic heterocycles. The number of esters is 1. The Labute approximate surface area is 412 Å². The van der Waals surface area contributed by atoms with Gasteiger partial charge in [-0.15, -0.1) is 0 Å². The first kappa shape index (κ1) is 51.2. The fourth-order valence-corrected chi connectivity index (χ4v) is 7.64. The zero-order valence-corrected chi connectivity index (χ0v) is 40.9. The number of amides is 2. The molecule has 4 N–H and O–H groups in total. The fourth-order valence-electron chi connectivity index (χ4n) is 7.64. The molecule has 2 aliphatic rings. The number of anilines is 2. The Balaban J connectivity index is 0.000000244. The minimum absolute atomic E-state index is 0. The Kier molecular flexibility index (Phi) is 17.3. The quantitative estimate of drug-likeness (QED) is 0.0747. The maximum Gasteiger partial charge on any atom is 1.00 e. The third-order valence-corrected chi connectivity index (χ3v) is 11.4. The Morgan fingerprint density at radius 3 is 1.31 bits per heavy atom. The molecular formula is C51H53N6NaO9. The second-order valence-electron chi connectivity index (χ2n) is 15.9. The predicted molar refractivity (Wildman–Crippen MR) is 249 cm³/mol. The van der Waals surface area contributed by atoms with Gasteiger partial charge in [-0.05, 0) is 101 Å². The maximum absolute atomic E-state index is 12.8. The Hall–Kier alpha value is -6.78. The van der Waals surface area contributed by atoms with Crippen LogP contribution in [0.15, 0.2) is 109 Å². The summed E-state index contributed by atoms with van der Waals surface area (Å²) >= 11 is 0. The van der Waals surface area contributed by atoms with Crippen molar-refractivity contribution in [1.29, 1.82) is 0 Å². The van der Waals surface area contributed by atoms with E-state index in [1.807, 2.05) is 139 Å². The predicted octanol–water partition coefficient (Wildman–Crippen LogP) is 6.97. The van der Waals surface area contributed by atoms with Crippen molar-refractivity contribution in [2.24, 2.45) is 0 Å². The van der Waals surface area contributed by atoms with Crippen molar-refractivity contribution in [2.45, 2.75) is 66.7 Å². The van der Waals surface area contributed by atoms with E-state index in [0.717, 1.165) is 39.7 Å². The normalized spacial score (nSPS) is 13.1. The molecule has 0 saturated heterocycles. The summed E-state index contributed by atoms with van der Waals surface area (Å²) in [5.74, 6) is 2.01. The summed E-state index contributed by atoms with van der Waals surface area (Å²) in [7, 11) is 1.30. The summed E-state index contributed by atoms with van der Waals surface area (Å²) in [5.41, 5.74) is 6.49. The van der Waals surface area contributed by atoms with Gasteiger partial charge < -0.3 is 45.2 Å². The Morgan fingerprint density at radius 2 is 0.970 bits per heavy atom. The van der Waals surface area contributed by atoms with Crippen LogP contribution in [0, 0.1) is 13.8 Å². The average Bonchev–Trinajstić information content (AvgIpc) is 3.84. The van der Waals surface area contributed by atoms with Gasteiger partial charge in [0.15, 0.2) is 0 Å². The molecular weight excluding hydrogens is 864 g/mol.